The van der Waals surface area contributed by atoms with Crippen molar-refractivity contribution in [1.29, 1.82) is 0 Å². The van der Waals surface area contributed by atoms with E-state index >= 15 is 0 Å². The number of hydrogen-bond acceptors (Lipinski definition) is 10. The van der Waals surface area contributed by atoms with E-state index in [0.717, 1.165) is 33.4 Å². The lowest BCUT2D eigenvalue weighted by Gasteiger charge is -2.36. The second kappa shape index (κ2) is 16.7. The van der Waals surface area contributed by atoms with Gasteiger partial charge in [0.15, 0.2) is 6.29 Å². The average molecular weight is 729 g/mol. The Kier molecular flexibility index (Phi) is 11.9. The number of aliphatic hydroxyl groups is 1. The number of tetrazole rings is 1. The van der Waals surface area contributed by atoms with Gasteiger partial charge in [-0.1, -0.05) is 108 Å². The van der Waals surface area contributed by atoms with E-state index in [0.29, 0.717) is 17.3 Å². The Balaban J connectivity index is 1.13. The fourth-order valence-corrected chi connectivity index (χ4v) is 7.71. The molecule has 1 aliphatic heterocycles. The first-order valence-electron chi connectivity index (χ1n) is 16.5. The van der Waals surface area contributed by atoms with Gasteiger partial charge in [0, 0.05) is 31.3 Å². The number of aliphatic hydroxyl groups excluding tert-OH is 1. The molecule has 0 bridgehead atoms. The molecule has 0 radical (unpaired) electrons. The molecule has 0 unspecified atom stereocenters. The van der Waals surface area contributed by atoms with Gasteiger partial charge in [-0.2, -0.15) is 4.72 Å². The molecular weight excluding hydrogens is 689 g/mol. The zero-order valence-electron chi connectivity index (χ0n) is 28.3. The van der Waals surface area contributed by atoms with Gasteiger partial charge in [-0.15, -0.1) is 5.10 Å². The molecular formula is C37H40N6O6S2. The van der Waals surface area contributed by atoms with Gasteiger partial charge in [0.25, 0.3) is 0 Å². The summed E-state index contributed by atoms with van der Waals surface area (Å²) in [4.78, 5) is 13.6. The van der Waals surface area contributed by atoms with E-state index < -0.39 is 28.3 Å². The predicted octanol–water partition coefficient (Wildman–Crippen LogP) is 4.55. The van der Waals surface area contributed by atoms with E-state index in [2.05, 4.69) is 25.6 Å². The Morgan fingerprint density at radius 3 is 2.27 bits per heavy atom. The minimum Gasteiger partial charge on any atom is -0.392 e. The Morgan fingerprint density at radius 2 is 1.61 bits per heavy atom. The molecule has 266 valence electrons. The number of sulfonamides is 1. The second-order valence-electron chi connectivity index (χ2n) is 12.4. The van der Waals surface area contributed by atoms with Gasteiger partial charge in [-0.25, -0.2) is 13.1 Å². The summed E-state index contributed by atoms with van der Waals surface area (Å²) in [6, 6.07) is 30.1. The number of aryl methyl sites for hydroxylation is 2. The number of benzene rings is 4. The molecule has 5 aromatic rings. The summed E-state index contributed by atoms with van der Waals surface area (Å²) in [6.45, 7) is 2.03. The minimum atomic E-state index is -3.96. The molecule has 4 aromatic carbocycles. The number of hydrogen-bond donors (Lipinski definition) is 3. The van der Waals surface area contributed by atoms with Crippen molar-refractivity contribution in [1.82, 2.24) is 30.2 Å². The smallest absolute Gasteiger partial charge is 0.241 e. The summed E-state index contributed by atoms with van der Waals surface area (Å²) < 4.78 is 43.6. The van der Waals surface area contributed by atoms with Crippen molar-refractivity contribution in [3.8, 4) is 0 Å². The highest BCUT2D eigenvalue weighted by molar-refractivity contribution is 7.99. The Labute approximate surface area is 301 Å². The molecule has 1 fully saturated rings. The fourth-order valence-electron chi connectivity index (χ4n) is 5.65. The zero-order valence-corrected chi connectivity index (χ0v) is 29.9. The quantitative estimate of drug-likeness (QED) is 0.139. The van der Waals surface area contributed by atoms with Crippen LogP contribution in [0.15, 0.2) is 113 Å². The normalized spacial score (nSPS) is 18.3. The molecule has 1 aromatic heterocycles. The topological polar surface area (TPSA) is 158 Å². The van der Waals surface area contributed by atoms with Gasteiger partial charge in [-0.05, 0) is 58.2 Å². The first-order chi connectivity index (χ1) is 24.7. The maximum Gasteiger partial charge on any atom is 0.241 e. The van der Waals surface area contributed by atoms with Crippen LogP contribution in [0, 0.1) is 6.92 Å². The van der Waals surface area contributed by atoms with Gasteiger partial charge >= 0.3 is 0 Å². The number of thioether (sulfide) groups is 1. The van der Waals surface area contributed by atoms with Gasteiger partial charge in [0.1, 0.15) is 6.04 Å². The van der Waals surface area contributed by atoms with Crippen LogP contribution in [0.4, 0.5) is 0 Å². The first-order valence-corrected chi connectivity index (χ1v) is 19.0. The first kappa shape index (κ1) is 36.4. The monoisotopic (exact) mass is 728 g/mol. The third-order valence-electron chi connectivity index (χ3n) is 8.54. The molecule has 1 saturated heterocycles. The summed E-state index contributed by atoms with van der Waals surface area (Å²) in [6.07, 6.45) is -0.265. The molecule has 12 nitrogen and oxygen atoms in total. The van der Waals surface area contributed by atoms with Gasteiger partial charge in [-0.3, -0.25) is 4.79 Å². The van der Waals surface area contributed by atoms with E-state index in [1.54, 1.807) is 23.9 Å². The lowest BCUT2D eigenvalue weighted by atomic mass is 10.0. The largest absolute Gasteiger partial charge is 0.392 e. The third-order valence-corrected chi connectivity index (χ3v) is 11.2. The van der Waals surface area contributed by atoms with Crippen LogP contribution in [-0.2, 0) is 50.9 Å². The summed E-state index contributed by atoms with van der Waals surface area (Å²) in [5.41, 5.74) is 5.20. The van der Waals surface area contributed by atoms with Crippen molar-refractivity contribution in [2.75, 3.05) is 5.75 Å². The van der Waals surface area contributed by atoms with Crippen LogP contribution >= 0.6 is 11.8 Å². The van der Waals surface area contributed by atoms with Crippen molar-refractivity contribution >= 4 is 27.7 Å². The van der Waals surface area contributed by atoms with Crippen molar-refractivity contribution in [3.63, 3.8) is 0 Å². The third kappa shape index (κ3) is 9.67. The van der Waals surface area contributed by atoms with Gasteiger partial charge in [0.05, 0.1) is 23.7 Å². The number of nitrogens with one attached hydrogen (secondary N) is 2. The van der Waals surface area contributed by atoms with E-state index in [9.17, 15) is 18.3 Å². The SMILES string of the molecule is Cc1ccc(S(=O)(=O)N[C@H](Cc2ccccc2)C(=O)NCc2ccc([C@H]3O[C@@H](CSc4nnnn4C)C[C@@H](c4ccc(CO)cc4)O3)cc2)cc1. The molecule has 0 aliphatic carbocycles. The summed E-state index contributed by atoms with van der Waals surface area (Å²) >= 11 is 1.51. The summed E-state index contributed by atoms with van der Waals surface area (Å²) in [7, 11) is -2.17. The Morgan fingerprint density at radius 1 is 0.922 bits per heavy atom. The highest BCUT2D eigenvalue weighted by Gasteiger charge is 2.33. The van der Waals surface area contributed by atoms with Crippen LogP contribution in [0.3, 0.4) is 0 Å². The lowest BCUT2D eigenvalue weighted by molar-refractivity contribution is -0.245. The fraction of sp³-hybridized carbons (Fsp3) is 0.297. The van der Waals surface area contributed by atoms with Crippen molar-refractivity contribution in [2.45, 2.75) is 67.5 Å². The molecule has 6 rings (SSSR count). The highest BCUT2D eigenvalue weighted by atomic mass is 32.2. The van der Waals surface area contributed by atoms with Crippen LogP contribution in [0.1, 0.15) is 52.2 Å². The Bertz CT molecular complexity index is 1990. The van der Waals surface area contributed by atoms with Gasteiger partial charge in [0.2, 0.25) is 21.1 Å². The average Bonchev–Trinajstić information content (AvgIpc) is 3.57. The number of carbonyl (C=O) groups excluding carboxylic acids is 1. The van der Waals surface area contributed by atoms with Crippen molar-refractivity contribution in [3.05, 3.63) is 137 Å². The van der Waals surface area contributed by atoms with Crippen molar-refractivity contribution < 1.29 is 27.8 Å². The summed E-state index contributed by atoms with van der Waals surface area (Å²) in [5.74, 6) is 0.174. The molecule has 1 amide bonds. The zero-order chi connectivity index (χ0) is 35.8. The molecule has 4 atom stereocenters. The number of amides is 1. The predicted molar refractivity (Wildman–Crippen MR) is 192 cm³/mol. The molecule has 0 spiro atoms. The number of ether oxygens (including phenoxy) is 2. The summed E-state index contributed by atoms with van der Waals surface area (Å²) in [5, 5.41) is 24.8. The lowest BCUT2D eigenvalue weighted by Crippen LogP contribution is -2.47. The van der Waals surface area contributed by atoms with Crippen LogP contribution in [0.2, 0.25) is 0 Å². The standard InChI is InChI=1S/C37H40N6O6S2/c1-25-8-18-32(19-9-25)51(46,47)40-33(20-26-6-4-3-5-7-26)35(45)38-22-27-10-16-30(17-11-27)36-48-31(24-50-37-39-41-42-43(37)2)21-34(49-36)29-14-12-28(23-44)13-15-29/h3-19,31,33-34,36,40,44H,20-24H2,1-2H3,(H,38,45)/t31-,33-,34+,36+/m1/s1. The molecule has 0 saturated carbocycles. The van der Waals surface area contributed by atoms with Crippen molar-refractivity contribution in [2.24, 2.45) is 7.05 Å². The number of nitrogens with zero attached hydrogens (tertiary/aromatic N) is 4. The molecule has 2 heterocycles. The van der Waals surface area contributed by atoms with Crippen LogP contribution in [0.5, 0.6) is 0 Å². The van der Waals surface area contributed by atoms with Crippen LogP contribution < -0.4 is 10.0 Å². The van der Waals surface area contributed by atoms with E-state index in [4.69, 9.17) is 9.47 Å². The molecule has 51 heavy (non-hydrogen) atoms. The molecule has 3 N–H and O–H groups in total. The Hall–Kier alpha value is -4.44. The number of rotatable bonds is 14. The number of aromatic nitrogens is 4. The maximum atomic E-state index is 13.5. The highest BCUT2D eigenvalue weighted by Crippen LogP contribution is 2.39. The maximum absolute atomic E-state index is 13.5. The van der Waals surface area contributed by atoms with Crippen LogP contribution in [-0.4, -0.2) is 57.5 Å². The molecule has 14 heteroatoms. The molecule has 1 aliphatic rings. The van der Waals surface area contributed by atoms with E-state index in [1.165, 1.54) is 23.9 Å². The van der Waals surface area contributed by atoms with E-state index in [-0.39, 0.29) is 36.7 Å². The van der Waals surface area contributed by atoms with E-state index in [1.807, 2.05) is 85.8 Å². The van der Waals surface area contributed by atoms with Crippen LogP contribution in [0.25, 0.3) is 0 Å². The number of carbonyl (C=O) groups is 1. The van der Waals surface area contributed by atoms with Gasteiger partial charge < -0.3 is 19.9 Å². The minimum absolute atomic E-state index is 0.0356. The second-order valence-corrected chi connectivity index (χ2v) is 15.1.